The zero-order valence-electron chi connectivity index (χ0n) is 21.1. The van der Waals surface area contributed by atoms with Gasteiger partial charge in [0.1, 0.15) is 5.65 Å². The van der Waals surface area contributed by atoms with Crippen molar-refractivity contribution >= 4 is 22.7 Å². The zero-order chi connectivity index (χ0) is 25.2. The molecule has 1 saturated carbocycles. The number of nitrogens with one attached hydrogen (secondary N) is 2. The molecule has 1 aliphatic carbocycles. The van der Waals surface area contributed by atoms with Crippen molar-refractivity contribution < 1.29 is 0 Å². The summed E-state index contributed by atoms with van der Waals surface area (Å²) in [6.07, 6.45) is 9.34. The molecule has 3 aromatic heterocycles. The number of nitrogens with zero attached hydrogens (tertiary/aromatic N) is 5. The van der Waals surface area contributed by atoms with Crippen LogP contribution in [0.25, 0.3) is 11.0 Å². The largest absolute Gasteiger partial charge is 0.324 e. The molecule has 1 aliphatic heterocycles. The summed E-state index contributed by atoms with van der Waals surface area (Å²) in [7, 11) is 1.87. The van der Waals surface area contributed by atoms with Crippen LogP contribution in [0.2, 0.25) is 0 Å². The Balaban J connectivity index is 1.29. The minimum absolute atomic E-state index is 0.145. The molecule has 8 heteroatoms. The van der Waals surface area contributed by atoms with Gasteiger partial charge in [0.25, 0.3) is 5.56 Å². The van der Waals surface area contributed by atoms with Gasteiger partial charge in [0.2, 0.25) is 5.95 Å². The molecule has 8 nitrogen and oxygen atoms in total. The van der Waals surface area contributed by atoms with Crippen LogP contribution < -0.4 is 16.2 Å². The van der Waals surface area contributed by atoms with Gasteiger partial charge in [-0.15, -0.1) is 0 Å². The molecule has 1 aromatic carbocycles. The standard InChI is InChI=1S/C29H31N7O/c1-35-26(12-14-32-35)19-36-27-24(16-23(28(36)37)9-6-20-4-5-20)18-31-29(34-27)33-25-10-7-21(8-11-25)15-22-3-2-13-30-17-22/h7-8,10-12,14,16,18,20,22,30H,2-5,13,15,17,19H2,1H3,(H,31,33,34). The molecule has 0 radical (unpaired) electrons. The Bertz CT molecular complexity index is 1530. The number of aromatic nitrogens is 5. The first-order valence-electron chi connectivity index (χ1n) is 13.1. The van der Waals surface area contributed by atoms with Crippen molar-refractivity contribution in [1.82, 2.24) is 29.6 Å². The number of anilines is 2. The smallest absolute Gasteiger partial charge is 0.268 e. The fourth-order valence-corrected chi connectivity index (χ4v) is 4.87. The normalized spacial score (nSPS) is 17.4. The molecule has 4 heterocycles. The molecule has 2 fully saturated rings. The molecule has 1 unspecified atom stereocenters. The Morgan fingerprint density at radius 2 is 2.03 bits per heavy atom. The second-order valence-electron chi connectivity index (χ2n) is 10.2. The van der Waals surface area contributed by atoms with Gasteiger partial charge in [0.05, 0.1) is 17.8 Å². The van der Waals surface area contributed by atoms with Crippen LogP contribution in [0.15, 0.2) is 53.6 Å². The number of rotatable bonds is 6. The van der Waals surface area contributed by atoms with Crippen molar-refractivity contribution in [2.75, 3.05) is 18.4 Å². The fourth-order valence-electron chi connectivity index (χ4n) is 4.87. The summed E-state index contributed by atoms with van der Waals surface area (Å²) in [5.41, 5.74) is 4.07. The highest BCUT2D eigenvalue weighted by Gasteiger charge is 2.19. The van der Waals surface area contributed by atoms with Crippen molar-refractivity contribution in [3.63, 3.8) is 0 Å². The van der Waals surface area contributed by atoms with Gasteiger partial charge in [-0.25, -0.2) is 4.98 Å². The van der Waals surface area contributed by atoms with Gasteiger partial charge in [-0.1, -0.05) is 24.0 Å². The Kier molecular flexibility index (Phi) is 6.46. The molecule has 6 rings (SSSR count). The number of pyridine rings is 1. The first-order valence-corrected chi connectivity index (χ1v) is 13.1. The monoisotopic (exact) mass is 493 g/mol. The number of hydrogen-bond donors (Lipinski definition) is 2. The number of benzene rings is 1. The van der Waals surface area contributed by atoms with E-state index in [1.54, 1.807) is 21.6 Å². The molecular formula is C29H31N7O. The van der Waals surface area contributed by atoms with Crippen molar-refractivity contribution in [3.05, 3.63) is 76.0 Å². The molecule has 2 N–H and O–H groups in total. The molecule has 0 bridgehead atoms. The van der Waals surface area contributed by atoms with Crippen LogP contribution in [0.1, 0.15) is 42.5 Å². The van der Waals surface area contributed by atoms with Crippen LogP contribution in [0, 0.1) is 23.7 Å². The molecule has 1 atom stereocenters. The lowest BCUT2D eigenvalue weighted by atomic mass is 9.92. The number of aryl methyl sites for hydroxylation is 1. The third kappa shape index (κ3) is 5.42. The maximum absolute atomic E-state index is 13.5. The minimum atomic E-state index is -0.145. The summed E-state index contributed by atoms with van der Waals surface area (Å²) < 4.78 is 3.45. The van der Waals surface area contributed by atoms with Crippen molar-refractivity contribution in [2.24, 2.45) is 18.9 Å². The molecule has 2 aliphatic rings. The van der Waals surface area contributed by atoms with E-state index in [4.69, 9.17) is 4.98 Å². The lowest BCUT2D eigenvalue weighted by Crippen LogP contribution is -2.30. The molecule has 4 aromatic rings. The van der Waals surface area contributed by atoms with E-state index in [1.165, 1.54) is 18.4 Å². The molecule has 37 heavy (non-hydrogen) atoms. The number of piperidine rings is 1. The van der Waals surface area contributed by atoms with Crippen molar-refractivity contribution in [2.45, 2.75) is 38.6 Å². The van der Waals surface area contributed by atoms with E-state index in [2.05, 4.69) is 56.8 Å². The predicted molar refractivity (Wildman–Crippen MR) is 145 cm³/mol. The topological polar surface area (TPSA) is 89.7 Å². The highest BCUT2D eigenvalue weighted by Crippen LogP contribution is 2.27. The Morgan fingerprint density at radius 3 is 2.76 bits per heavy atom. The van der Waals surface area contributed by atoms with Gasteiger partial charge < -0.3 is 10.6 Å². The average Bonchev–Trinajstić information content (AvgIpc) is 3.66. The van der Waals surface area contributed by atoms with E-state index in [-0.39, 0.29) is 5.56 Å². The van der Waals surface area contributed by atoms with Gasteiger partial charge in [0.15, 0.2) is 0 Å². The maximum Gasteiger partial charge on any atom is 0.268 e. The van der Waals surface area contributed by atoms with Crippen LogP contribution in [-0.4, -0.2) is 37.4 Å². The molecule has 1 saturated heterocycles. The van der Waals surface area contributed by atoms with E-state index >= 15 is 0 Å². The first-order chi connectivity index (χ1) is 18.1. The summed E-state index contributed by atoms with van der Waals surface area (Å²) >= 11 is 0. The summed E-state index contributed by atoms with van der Waals surface area (Å²) in [5.74, 6) is 7.88. The third-order valence-electron chi connectivity index (χ3n) is 7.19. The number of fused-ring (bicyclic) bond motifs is 1. The van der Waals surface area contributed by atoms with Crippen LogP contribution in [-0.2, 0) is 20.0 Å². The van der Waals surface area contributed by atoms with E-state index in [0.717, 1.165) is 49.1 Å². The minimum Gasteiger partial charge on any atom is -0.324 e. The van der Waals surface area contributed by atoms with Gasteiger partial charge in [-0.2, -0.15) is 10.1 Å². The Hall–Kier alpha value is -3.96. The second-order valence-corrected chi connectivity index (χ2v) is 10.2. The molecule has 0 spiro atoms. The summed E-state index contributed by atoms with van der Waals surface area (Å²) in [4.78, 5) is 22.8. The zero-order valence-corrected chi connectivity index (χ0v) is 21.1. The van der Waals surface area contributed by atoms with Gasteiger partial charge in [-0.3, -0.25) is 14.0 Å². The van der Waals surface area contributed by atoms with E-state index in [1.807, 2.05) is 19.2 Å². The highest BCUT2D eigenvalue weighted by molar-refractivity contribution is 5.77. The molecule has 188 valence electrons. The lowest BCUT2D eigenvalue weighted by molar-refractivity contribution is 0.376. The Morgan fingerprint density at radius 1 is 1.16 bits per heavy atom. The van der Waals surface area contributed by atoms with E-state index in [9.17, 15) is 4.79 Å². The van der Waals surface area contributed by atoms with Gasteiger partial charge >= 0.3 is 0 Å². The fraction of sp³-hybridized carbons (Fsp3) is 0.379. The predicted octanol–water partition coefficient (Wildman–Crippen LogP) is 3.62. The summed E-state index contributed by atoms with van der Waals surface area (Å²) in [5, 5.41) is 11.8. The van der Waals surface area contributed by atoms with Gasteiger partial charge in [0, 0.05) is 36.4 Å². The SMILES string of the molecule is Cn1nccc1Cn1c(=O)c(C#CC2CC2)cc2cnc(Nc3ccc(CC4CCCNC4)cc3)nc21. The molecular weight excluding hydrogens is 462 g/mol. The van der Waals surface area contributed by atoms with Gasteiger partial charge in [-0.05, 0) is 80.9 Å². The third-order valence-corrected chi connectivity index (χ3v) is 7.19. The van der Waals surface area contributed by atoms with Crippen LogP contribution in [0.3, 0.4) is 0 Å². The Labute approximate surface area is 216 Å². The lowest BCUT2D eigenvalue weighted by Gasteiger charge is -2.22. The molecule has 0 amide bonds. The number of hydrogen-bond acceptors (Lipinski definition) is 6. The quantitative estimate of drug-likeness (QED) is 0.399. The summed E-state index contributed by atoms with van der Waals surface area (Å²) in [6, 6.07) is 12.2. The maximum atomic E-state index is 13.5. The van der Waals surface area contributed by atoms with Crippen LogP contribution in [0.4, 0.5) is 11.6 Å². The summed E-state index contributed by atoms with van der Waals surface area (Å²) in [6.45, 7) is 2.58. The average molecular weight is 494 g/mol. The highest BCUT2D eigenvalue weighted by atomic mass is 16.1. The van der Waals surface area contributed by atoms with E-state index in [0.29, 0.717) is 35.5 Å². The van der Waals surface area contributed by atoms with Crippen LogP contribution >= 0.6 is 0 Å². The van der Waals surface area contributed by atoms with Crippen LogP contribution in [0.5, 0.6) is 0 Å². The first kappa shape index (κ1) is 23.4. The van der Waals surface area contributed by atoms with Crippen molar-refractivity contribution in [3.8, 4) is 11.8 Å². The van der Waals surface area contributed by atoms with E-state index < -0.39 is 0 Å². The second kappa shape index (κ2) is 10.2. The van der Waals surface area contributed by atoms with Crippen molar-refractivity contribution in [1.29, 1.82) is 0 Å².